The van der Waals surface area contributed by atoms with Gasteiger partial charge in [0.25, 0.3) is 0 Å². The quantitative estimate of drug-likeness (QED) is 0.580. The van der Waals surface area contributed by atoms with Crippen molar-refractivity contribution in [2.24, 2.45) is 5.92 Å². The summed E-state index contributed by atoms with van der Waals surface area (Å²) in [6.45, 7) is 2.78. The minimum atomic E-state index is 0.0117. The van der Waals surface area contributed by atoms with Crippen LogP contribution in [-0.2, 0) is 9.59 Å². The molecule has 7 nitrogen and oxygen atoms in total. The molecule has 0 unspecified atom stereocenters. The van der Waals surface area contributed by atoms with Gasteiger partial charge in [-0.15, -0.1) is 10.2 Å². The van der Waals surface area contributed by atoms with Crippen molar-refractivity contribution in [3.05, 3.63) is 72.2 Å². The number of rotatable bonds is 4. The summed E-state index contributed by atoms with van der Waals surface area (Å²) >= 11 is 0. The van der Waals surface area contributed by atoms with Crippen LogP contribution in [0.1, 0.15) is 43.0 Å². The molecule has 2 aliphatic rings. The zero-order chi connectivity index (χ0) is 22.6. The third-order valence-electron chi connectivity index (χ3n) is 6.89. The second-order valence-corrected chi connectivity index (χ2v) is 8.93. The molecule has 2 saturated heterocycles. The van der Waals surface area contributed by atoms with Crippen molar-refractivity contribution in [3.63, 3.8) is 0 Å². The summed E-state index contributed by atoms with van der Waals surface area (Å²) in [5.74, 6) is 1.59. The molecular formula is C26H29N5O2. The largest absolute Gasteiger partial charge is 0.342 e. The molecular weight excluding hydrogens is 414 g/mol. The van der Waals surface area contributed by atoms with E-state index in [-0.39, 0.29) is 17.7 Å². The summed E-state index contributed by atoms with van der Waals surface area (Å²) in [4.78, 5) is 29.5. The topological polar surface area (TPSA) is 70.8 Å². The average Bonchev–Trinajstić information content (AvgIpc) is 3.32. The van der Waals surface area contributed by atoms with Gasteiger partial charge in [-0.1, -0.05) is 36.4 Å². The minimum absolute atomic E-state index is 0.0117. The third kappa shape index (κ3) is 4.67. The first-order chi connectivity index (χ1) is 16.2. The summed E-state index contributed by atoms with van der Waals surface area (Å²) in [6, 6.07) is 15.7. The predicted octanol–water partition coefficient (Wildman–Crippen LogP) is 3.39. The van der Waals surface area contributed by atoms with Gasteiger partial charge < -0.3 is 9.80 Å². The fourth-order valence-electron chi connectivity index (χ4n) is 4.94. The number of amides is 2. The molecule has 2 fully saturated rings. The highest BCUT2D eigenvalue weighted by Crippen LogP contribution is 2.29. The molecule has 5 rings (SSSR count). The van der Waals surface area contributed by atoms with Crippen LogP contribution in [0.5, 0.6) is 0 Å². The van der Waals surface area contributed by atoms with Crippen molar-refractivity contribution in [1.82, 2.24) is 24.4 Å². The van der Waals surface area contributed by atoms with Crippen LogP contribution in [0, 0.1) is 5.92 Å². The predicted molar refractivity (Wildman–Crippen MR) is 126 cm³/mol. The lowest BCUT2D eigenvalue weighted by molar-refractivity contribution is -0.140. The van der Waals surface area contributed by atoms with E-state index in [2.05, 4.69) is 14.6 Å². The Morgan fingerprint density at radius 3 is 2.27 bits per heavy atom. The Balaban J connectivity index is 1.11. The molecule has 2 aliphatic heterocycles. The van der Waals surface area contributed by atoms with Crippen molar-refractivity contribution in [2.45, 2.75) is 31.6 Å². The molecule has 2 aromatic heterocycles. The van der Waals surface area contributed by atoms with Crippen molar-refractivity contribution in [1.29, 1.82) is 0 Å². The normalized spacial score (nSPS) is 18.3. The molecule has 0 aliphatic carbocycles. The van der Waals surface area contributed by atoms with E-state index in [9.17, 15) is 9.59 Å². The van der Waals surface area contributed by atoms with Crippen LogP contribution in [-0.4, -0.2) is 62.4 Å². The molecule has 0 radical (unpaired) electrons. The molecule has 3 aromatic rings. The molecule has 0 bridgehead atoms. The molecule has 0 atom stereocenters. The molecule has 2 amide bonds. The molecule has 7 heteroatoms. The first-order valence-electron chi connectivity index (χ1n) is 11.8. The number of aromatic nitrogens is 3. The van der Waals surface area contributed by atoms with Gasteiger partial charge in [0.1, 0.15) is 5.82 Å². The summed E-state index contributed by atoms with van der Waals surface area (Å²) in [5.41, 5.74) is 1.88. The first-order valence-corrected chi connectivity index (χ1v) is 11.8. The Kier molecular flexibility index (Phi) is 6.19. The van der Waals surface area contributed by atoms with Gasteiger partial charge in [-0.2, -0.15) is 0 Å². The van der Waals surface area contributed by atoms with Gasteiger partial charge in [0.2, 0.25) is 11.8 Å². The van der Waals surface area contributed by atoms with Gasteiger partial charge in [0, 0.05) is 50.3 Å². The zero-order valence-corrected chi connectivity index (χ0v) is 18.7. The van der Waals surface area contributed by atoms with Gasteiger partial charge >= 0.3 is 0 Å². The fraction of sp³-hybridized carbons (Fsp3) is 0.385. The van der Waals surface area contributed by atoms with E-state index < -0.39 is 0 Å². The third-order valence-corrected chi connectivity index (χ3v) is 6.89. The van der Waals surface area contributed by atoms with Crippen molar-refractivity contribution in [3.8, 4) is 0 Å². The highest BCUT2D eigenvalue weighted by atomic mass is 16.2. The molecule has 0 saturated carbocycles. The standard InChI is InChI=1S/C26H29N5O2/c32-24(10-9-20-6-2-1-3-7-20)29-16-13-22(14-17-29)26(33)30-18-11-21(12-19-30)25-28-27-23-8-4-5-15-31(23)25/h1-10,15,21-22H,11-14,16-19H2/b10-9+. The maximum atomic E-state index is 13.1. The number of fused-ring (bicyclic) bond motifs is 1. The van der Waals surface area contributed by atoms with E-state index in [0.717, 1.165) is 55.8 Å². The van der Waals surface area contributed by atoms with Crippen LogP contribution in [0.15, 0.2) is 60.8 Å². The van der Waals surface area contributed by atoms with Gasteiger partial charge in [0.15, 0.2) is 5.65 Å². The van der Waals surface area contributed by atoms with Crippen molar-refractivity contribution < 1.29 is 9.59 Å². The number of hydrogen-bond acceptors (Lipinski definition) is 4. The van der Waals surface area contributed by atoms with E-state index in [4.69, 9.17) is 0 Å². The van der Waals surface area contributed by atoms with Gasteiger partial charge in [-0.25, -0.2) is 0 Å². The molecule has 0 N–H and O–H groups in total. The second kappa shape index (κ2) is 9.57. The Bertz CT molecular complexity index is 1140. The van der Waals surface area contributed by atoms with E-state index in [1.807, 2.05) is 70.6 Å². The lowest BCUT2D eigenvalue weighted by Gasteiger charge is -2.36. The average molecular weight is 444 g/mol. The summed E-state index contributed by atoms with van der Waals surface area (Å²) in [5, 5.41) is 8.67. The van der Waals surface area contributed by atoms with Crippen molar-refractivity contribution >= 4 is 23.5 Å². The van der Waals surface area contributed by atoms with Crippen LogP contribution >= 0.6 is 0 Å². The van der Waals surface area contributed by atoms with E-state index in [0.29, 0.717) is 19.0 Å². The van der Waals surface area contributed by atoms with Crippen LogP contribution in [0.2, 0.25) is 0 Å². The number of likely N-dealkylation sites (tertiary alicyclic amines) is 2. The maximum absolute atomic E-state index is 13.1. The Morgan fingerprint density at radius 2 is 1.52 bits per heavy atom. The number of benzene rings is 1. The number of piperidine rings is 2. The molecule has 1 aromatic carbocycles. The van der Waals surface area contributed by atoms with Crippen LogP contribution < -0.4 is 0 Å². The lowest BCUT2D eigenvalue weighted by Crippen LogP contribution is -2.46. The van der Waals surface area contributed by atoms with E-state index in [1.165, 1.54) is 0 Å². The van der Waals surface area contributed by atoms with Gasteiger partial charge in [-0.3, -0.25) is 14.0 Å². The van der Waals surface area contributed by atoms with Crippen LogP contribution in [0.3, 0.4) is 0 Å². The van der Waals surface area contributed by atoms with Crippen molar-refractivity contribution in [2.75, 3.05) is 26.2 Å². The Hall–Kier alpha value is -3.48. The SMILES string of the molecule is O=C(/C=C/c1ccccc1)N1CCC(C(=O)N2CCC(c3nnc4ccccn34)CC2)CC1. The molecule has 33 heavy (non-hydrogen) atoms. The maximum Gasteiger partial charge on any atom is 0.246 e. The number of nitrogens with zero attached hydrogens (tertiary/aromatic N) is 5. The lowest BCUT2D eigenvalue weighted by atomic mass is 9.91. The van der Waals surface area contributed by atoms with Crippen LogP contribution in [0.25, 0.3) is 11.7 Å². The number of carbonyl (C=O) groups is 2. The number of carbonyl (C=O) groups excluding carboxylic acids is 2. The van der Waals surface area contributed by atoms with Gasteiger partial charge in [-0.05, 0) is 49.5 Å². The first kappa shape index (κ1) is 21.4. The summed E-state index contributed by atoms with van der Waals surface area (Å²) < 4.78 is 2.06. The van der Waals surface area contributed by atoms with E-state index >= 15 is 0 Å². The van der Waals surface area contributed by atoms with E-state index in [1.54, 1.807) is 6.08 Å². The zero-order valence-electron chi connectivity index (χ0n) is 18.7. The summed E-state index contributed by atoms with van der Waals surface area (Å²) in [7, 11) is 0. The fourth-order valence-corrected chi connectivity index (χ4v) is 4.94. The monoisotopic (exact) mass is 443 g/mol. The highest BCUT2D eigenvalue weighted by molar-refractivity contribution is 5.92. The summed E-state index contributed by atoms with van der Waals surface area (Å²) in [6.07, 6.45) is 8.77. The molecule has 0 spiro atoms. The smallest absolute Gasteiger partial charge is 0.246 e. The van der Waals surface area contributed by atoms with Gasteiger partial charge in [0.05, 0.1) is 0 Å². The molecule has 170 valence electrons. The second-order valence-electron chi connectivity index (χ2n) is 8.93. The highest BCUT2D eigenvalue weighted by Gasteiger charge is 2.33. The Labute approximate surface area is 193 Å². The number of hydrogen-bond donors (Lipinski definition) is 0. The Morgan fingerprint density at radius 1 is 0.818 bits per heavy atom. The molecule has 4 heterocycles. The number of pyridine rings is 1. The minimum Gasteiger partial charge on any atom is -0.342 e. The van der Waals surface area contributed by atoms with Crippen LogP contribution in [0.4, 0.5) is 0 Å².